The zero-order valence-electron chi connectivity index (χ0n) is 9.45. The van der Waals surface area contributed by atoms with E-state index in [1.807, 2.05) is 20.9 Å². The summed E-state index contributed by atoms with van der Waals surface area (Å²) in [5.74, 6) is 0. The first-order chi connectivity index (χ1) is 5.68. The summed E-state index contributed by atoms with van der Waals surface area (Å²) in [4.78, 5) is 0. The van der Waals surface area contributed by atoms with Crippen LogP contribution in [0.3, 0.4) is 0 Å². The summed E-state index contributed by atoms with van der Waals surface area (Å²) in [6, 6.07) is 0. The van der Waals surface area contributed by atoms with Gasteiger partial charge >= 0.3 is 0 Å². The second kappa shape index (κ2) is 22.4. The van der Waals surface area contributed by atoms with Crippen molar-refractivity contribution >= 4 is 0 Å². The van der Waals surface area contributed by atoms with Gasteiger partial charge in [0.15, 0.2) is 0 Å². The van der Waals surface area contributed by atoms with Gasteiger partial charge in [0.2, 0.25) is 0 Å². The summed E-state index contributed by atoms with van der Waals surface area (Å²) in [5, 5.41) is 3.64. The van der Waals surface area contributed by atoms with Crippen LogP contribution in [-0.4, -0.2) is 32.3 Å². The molecule has 2 nitrogen and oxygen atoms in total. The molecule has 0 aromatic carbocycles. The van der Waals surface area contributed by atoms with E-state index in [2.05, 4.69) is 12.2 Å². The summed E-state index contributed by atoms with van der Waals surface area (Å²) < 4.78 is 11.3. The molecule has 0 fully saturated rings. The van der Waals surface area contributed by atoms with E-state index in [0.717, 1.165) is 6.54 Å². The molecule has 0 unspecified atom stereocenters. The van der Waals surface area contributed by atoms with Gasteiger partial charge in [-0.15, -0.1) is 9.60 Å². The third-order valence-electron chi connectivity index (χ3n) is 0.936. The molecular formula is C9H25FN2. The number of nitrogens with one attached hydrogen (secondary N) is 1. The minimum Gasteiger partial charge on any atom is -0.320 e. The lowest BCUT2D eigenvalue weighted by Gasteiger charge is -1.93. The largest absolute Gasteiger partial charge is 0.320 e. The Labute approximate surface area is 77.1 Å². The molecule has 0 spiro atoms. The van der Waals surface area contributed by atoms with Crippen LogP contribution in [0, 0.1) is 0 Å². The van der Waals surface area contributed by atoms with Gasteiger partial charge in [0.1, 0.15) is 0 Å². The third kappa shape index (κ3) is 52.0. The number of rotatable bonds is 3. The molecule has 0 bridgehead atoms. The minimum absolute atomic E-state index is 0.472. The highest BCUT2D eigenvalue weighted by atomic mass is 19.2. The van der Waals surface area contributed by atoms with E-state index in [0.29, 0.717) is 11.7 Å². The summed E-state index contributed by atoms with van der Waals surface area (Å²) in [6.45, 7) is 9.51. The maximum Gasteiger partial charge on any atom is 0.0258 e. The van der Waals surface area contributed by atoms with E-state index in [1.54, 1.807) is 6.92 Å². The fraction of sp³-hybridized carbons (Fsp3) is 1.00. The zero-order valence-corrected chi connectivity index (χ0v) is 9.45. The van der Waals surface area contributed by atoms with Gasteiger partial charge in [-0.1, -0.05) is 20.8 Å². The number of hydrogen-bond acceptors (Lipinski definition) is 2. The Hall–Kier alpha value is -0.150. The van der Waals surface area contributed by atoms with Crippen molar-refractivity contribution in [1.82, 2.24) is 10.4 Å². The van der Waals surface area contributed by atoms with Crippen LogP contribution in [0.5, 0.6) is 0 Å². The second-order valence-electron chi connectivity index (χ2n) is 2.02. The molecular weight excluding hydrogens is 155 g/mol. The highest BCUT2D eigenvalue weighted by molar-refractivity contribution is 4.28. The molecule has 0 saturated carbocycles. The van der Waals surface area contributed by atoms with Crippen molar-refractivity contribution in [3.63, 3.8) is 0 Å². The normalized spacial score (nSPS) is 8.00. The van der Waals surface area contributed by atoms with Crippen LogP contribution in [0.4, 0.5) is 4.48 Å². The molecule has 0 amide bonds. The second-order valence-corrected chi connectivity index (χ2v) is 2.02. The van der Waals surface area contributed by atoms with Crippen molar-refractivity contribution < 1.29 is 4.48 Å². The summed E-state index contributed by atoms with van der Waals surface area (Å²) in [5.41, 5.74) is 0. The number of hydrogen-bond donors (Lipinski definition) is 1. The van der Waals surface area contributed by atoms with Crippen molar-refractivity contribution in [3.05, 3.63) is 0 Å². The summed E-state index contributed by atoms with van der Waals surface area (Å²) in [7, 11) is 3.35. The molecule has 1 N–H and O–H groups in total. The molecule has 0 aliphatic carbocycles. The van der Waals surface area contributed by atoms with Crippen LogP contribution in [0.25, 0.3) is 0 Å². The van der Waals surface area contributed by atoms with E-state index in [1.165, 1.54) is 13.5 Å². The predicted molar refractivity (Wildman–Crippen MR) is 55.0 cm³/mol. The van der Waals surface area contributed by atoms with Crippen molar-refractivity contribution in [2.45, 2.75) is 34.1 Å². The van der Waals surface area contributed by atoms with Crippen LogP contribution in [-0.2, 0) is 0 Å². The molecule has 0 aromatic heterocycles. The Morgan fingerprint density at radius 2 is 1.58 bits per heavy atom. The monoisotopic (exact) mass is 180 g/mol. The average Bonchev–Trinajstić information content (AvgIpc) is 2.10. The smallest absolute Gasteiger partial charge is 0.0258 e. The Bertz CT molecular complexity index is 47.8. The quantitative estimate of drug-likeness (QED) is 0.671. The third-order valence-corrected chi connectivity index (χ3v) is 0.936. The van der Waals surface area contributed by atoms with Crippen molar-refractivity contribution in [3.8, 4) is 0 Å². The van der Waals surface area contributed by atoms with Crippen LogP contribution in [0.1, 0.15) is 34.1 Å². The maximum atomic E-state index is 11.3. The van der Waals surface area contributed by atoms with Gasteiger partial charge in [-0.3, -0.25) is 0 Å². The van der Waals surface area contributed by atoms with Gasteiger partial charge < -0.3 is 5.32 Å². The Morgan fingerprint density at radius 1 is 1.25 bits per heavy atom. The van der Waals surface area contributed by atoms with Crippen molar-refractivity contribution in [1.29, 1.82) is 0 Å². The molecule has 0 radical (unpaired) electrons. The molecule has 0 rings (SSSR count). The van der Waals surface area contributed by atoms with Crippen molar-refractivity contribution in [2.24, 2.45) is 0 Å². The number of nitrogens with zero attached hydrogens (tertiary/aromatic N) is 1. The van der Waals surface area contributed by atoms with Gasteiger partial charge in [0.05, 0.1) is 0 Å². The Balaban J connectivity index is -0.000000112. The van der Waals surface area contributed by atoms with E-state index in [-0.39, 0.29) is 0 Å². The highest BCUT2D eigenvalue weighted by Crippen LogP contribution is 1.73. The molecule has 78 valence electrons. The van der Waals surface area contributed by atoms with Crippen LogP contribution < -0.4 is 5.32 Å². The molecule has 0 aliphatic rings. The van der Waals surface area contributed by atoms with E-state index >= 15 is 0 Å². The predicted octanol–water partition coefficient (Wildman–Crippen LogP) is 2.46. The van der Waals surface area contributed by atoms with Crippen LogP contribution >= 0.6 is 0 Å². The molecule has 0 aromatic rings. The topological polar surface area (TPSA) is 15.3 Å². The first-order valence-corrected chi connectivity index (χ1v) is 4.70. The van der Waals surface area contributed by atoms with Gasteiger partial charge in [-0.2, -0.15) is 0 Å². The Morgan fingerprint density at radius 3 is 1.58 bits per heavy atom. The fourth-order valence-corrected chi connectivity index (χ4v) is 0.250. The molecule has 0 heterocycles. The lowest BCUT2D eigenvalue weighted by Crippen LogP contribution is -2.04. The SMILES string of the molecule is CC.CCCNC.CCN(C)F. The van der Waals surface area contributed by atoms with Gasteiger partial charge in [0.25, 0.3) is 0 Å². The van der Waals surface area contributed by atoms with E-state index in [4.69, 9.17) is 0 Å². The maximum absolute atomic E-state index is 11.3. The van der Waals surface area contributed by atoms with E-state index < -0.39 is 0 Å². The van der Waals surface area contributed by atoms with Crippen LogP contribution in [0.2, 0.25) is 0 Å². The summed E-state index contributed by atoms with van der Waals surface area (Å²) in [6.07, 6.45) is 1.23. The lowest BCUT2D eigenvalue weighted by molar-refractivity contribution is 0.0676. The first-order valence-electron chi connectivity index (χ1n) is 4.70. The molecule has 0 aliphatic heterocycles. The minimum atomic E-state index is 0.472. The standard InChI is InChI=1S/C4H11N.C3H8FN.C2H6/c1-3-4-5-2;1-3-5(2)4;1-2/h5H,3-4H2,1-2H3;3H2,1-2H3;1-2H3. The lowest BCUT2D eigenvalue weighted by atomic mass is 10.5. The molecule has 0 atom stereocenters. The highest BCUT2D eigenvalue weighted by Gasteiger charge is 1.78. The first kappa shape index (κ1) is 17.8. The molecule has 3 heteroatoms. The van der Waals surface area contributed by atoms with Gasteiger partial charge in [-0.05, 0) is 26.9 Å². The Kier molecular flexibility index (Phi) is 33.3. The molecule has 12 heavy (non-hydrogen) atoms. The fourth-order valence-electron chi connectivity index (χ4n) is 0.250. The van der Waals surface area contributed by atoms with Crippen LogP contribution in [0.15, 0.2) is 0 Å². The zero-order chi connectivity index (χ0) is 10.4. The summed E-state index contributed by atoms with van der Waals surface area (Å²) >= 11 is 0. The van der Waals surface area contributed by atoms with Gasteiger partial charge in [-0.25, -0.2) is 0 Å². The van der Waals surface area contributed by atoms with E-state index in [9.17, 15) is 4.48 Å². The number of halogens is 1. The van der Waals surface area contributed by atoms with Gasteiger partial charge in [0, 0.05) is 13.6 Å². The average molecular weight is 180 g/mol. The molecule has 0 saturated heterocycles. The van der Waals surface area contributed by atoms with Crippen molar-refractivity contribution in [2.75, 3.05) is 27.2 Å².